The van der Waals surface area contributed by atoms with Gasteiger partial charge in [-0.15, -0.1) is 0 Å². The maximum Gasteiger partial charge on any atom is 0.335 e. The van der Waals surface area contributed by atoms with Crippen molar-refractivity contribution in [3.63, 3.8) is 0 Å². The quantitative estimate of drug-likeness (QED) is 0.884. The van der Waals surface area contributed by atoms with E-state index in [-0.39, 0.29) is 21.9 Å². The first-order chi connectivity index (χ1) is 9.48. The summed E-state index contributed by atoms with van der Waals surface area (Å²) in [5.74, 6) is -1.05. The molecule has 1 fully saturated rings. The first-order valence-corrected chi connectivity index (χ1v) is 7.20. The number of carboxylic acid groups (broad SMARTS) is 1. The zero-order valence-corrected chi connectivity index (χ0v) is 12.2. The minimum Gasteiger partial charge on any atom is -0.478 e. The smallest absolute Gasteiger partial charge is 0.335 e. The summed E-state index contributed by atoms with van der Waals surface area (Å²) in [7, 11) is 0. The highest BCUT2D eigenvalue weighted by Crippen LogP contribution is 2.42. The molecule has 0 radical (unpaired) electrons. The normalized spacial score (nSPS) is 16.9. The highest BCUT2D eigenvalue weighted by Gasteiger charge is 2.39. The molecule has 1 aromatic rings. The molecule has 0 aliphatic heterocycles. The molecule has 1 aliphatic carbocycles. The van der Waals surface area contributed by atoms with Gasteiger partial charge in [-0.2, -0.15) is 0 Å². The molecule has 1 aliphatic rings. The van der Waals surface area contributed by atoms with Crippen molar-refractivity contribution in [3.05, 3.63) is 28.8 Å². The highest BCUT2D eigenvalue weighted by molar-refractivity contribution is 6.34. The Kier molecular flexibility index (Phi) is 4.33. The summed E-state index contributed by atoms with van der Waals surface area (Å²) < 4.78 is 0. The second-order valence-corrected chi connectivity index (χ2v) is 5.70. The van der Waals surface area contributed by atoms with Crippen LogP contribution in [-0.2, 0) is 4.79 Å². The number of hydrogen-bond acceptors (Lipinski definition) is 2. The molecular formula is C15H18ClNO3. The molecule has 2 N–H and O–H groups in total. The molecule has 4 nitrogen and oxygen atoms in total. The summed E-state index contributed by atoms with van der Waals surface area (Å²) in [6.07, 6.45) is 4.77. The summed E-state index contributed by atoms with van der Waals surface area (Å²) in [4.78, 5) is 23.3. The molecule has 0 bridgehead atoms. The minimum absolute atomic E-state index is 0.0116. The zero-order valence-electron chi connectivity index (χ0n) is 11.4. The first-order valence-electron chi connectivity index (χ1n) is 6.83. The molecule has 108 valence electrons. The van der Waals surface area contributed by atoms with Gasteiger partial charge in [-0.3, -0.25) is 4.79 Å². The molecule has 0 spiro atoms. The average Bonchev–Trinajstić information content (AvgIpc) is 2.90. The molecule has 0 aromatic heterocycles. The van der Waals surface area contributed by atoms with E-state index in [0.29, 0.717) is 5.69 Å². The van der Waals surface area contributed by atoms with Crippen LogP contribution in [0.1, 0.15) is 49.4 Å². The van der Waals surface area contributed by atoms with E-state index < -0.39 is 5.97 Å². The number of halogens is 1. The minimum atomic E-state index is -1.04. The number of nitrogens with one attached hydrogen (secondary N) is 1. The lowest BCUT2D eigenvalue weighted by Gasteiger charge is -2.26. The van der Waals surface area contributed by atoms with Gasteiger partial charge in [0.25, 0.3) is 0 Å². The number of carbonyl (C=O) groups is 2. The molecule has 0 saturated heterocycles. The Hall–Kier alpha value is -1.55. The Labute approximate surface area is 123 Å². The van der Waals surface area contributed by atoms with Gasteiger partial charge in [0.1, 0.15) is 0 Å². The van der Waals surface area contributed by atoms with Crippen LogP contribution in [-0.4, -0.2) is 17.0 Å². The van der Waals surface area contributed by atoms with E-state index >= 15 is 0 Å². The molecular weight excluding hydrogens is 278 g/mol. The summed E-state index contributed by atoms with van der Waals surface area (Å²) >= 11 is 6.03. The number of carbonyl (C=O) groups excluding carboxylic acids is 1. The summed E-state index contributed by atoms with van der Waals surface area (Å²) in [5, 5.41) is 12.0. The van der Waals surface area contributed by atoms with E-state index in [1.165, 1.54) is 12.1 Å². The molecule has 1 saturated carbocycles. The van der Waals surface area contributed by atoms with Crippen LogP contribution in [0.15, 0.2) is 18.2 Å². The zero-order chi connectivity index (χ0) is 14.8. The van der Waals surface area contributed by atoms with E-state index in [1.54, 1.807) is 6.07 Å². The summed E-state index contributed by atoms with van der Waals surface area (Å²) in [6.45, 7) is 2.03. The largest absolute Gasteiger partial charge is 0.478 e. The maximum absolute atomic E-state index is 12.5. The lowest BCUT2D eigenvalue weighted by Crippen LogP contribution is -2.33. The van der Waals surface area contributed by atoms with Gasteiger partial charge in [0.05, 0.1) is 16.3 Å². The van der Waals surface area contributed by atoms with E-state index in [0.717, 1.165) is 32.1 Å². The number of rotatable bonds is 4. The maximum atomic E-state index is 12.5. The summed E-state index contributed by atoms with van der Waals surface area (Å²) in [5.41, 5.74) is 0.287. The third-order valence-corrected chi connectivity index (χ3v) is 4.50. The highest BCUT2D eigenvalue weighted by atomic mass is 35.5. The molecule has 1 aromatic carbocycles. The number of aromatic carboxylic acids is 1. The van der Waals surface area contributed by atoms with Crippen LogP contribution in [0.3, 0.4) is 0 Å². The standard InChI is InChI=1S/C15H18ClNO3/c1-2-15(7-3-4-8-15)14(20)17-12-6-5-10(13(18)19)9-11(12)16/h5-6,9H,2-4,7-8H2,1H3,(H,17,20)(H,18,19). The van der Waals surface area contributed by atoms with Crippen LogP contribution in [0.4, 0.5) is 5.69 Å². The third kappa shape index (κ3) is 2.80. The van der Waals surface area contributed by atoms with Crippen LogP contribution >= 0.6 is 11.6 Å². The van der Waals surface area contributed by atoms with E-state index in [1.807, 2.05) is 6.92 Å². The van der Waals surface area contributed by atoms with Gasteiger partial charge >= 0.3 is 5.97 Å². The van der Waals surface area contributed by atoms with Crippen molar-refractivity contribution in [2.45, 2.75) is 39.0 Å². The van der Waals surface area contributed by atoms with Gasteiger partial charge in [-0.05, 0) is 37.5 Å². The number of anilines is 1. The summed E-state index contributed by atoms with van der Waals surface area (Å²) in [6, 6.07) is 4.34. The Balaban J connectivity index is 2.17. The van der Waals surface area contributed by atoms with Crippen molar-refractivity contribution in [2.24, 2.45) is 5.41 Å². The van der Waals surface area contributed by atoms with Crippen LogP contribution in [0.25, 0.3) is 0 Å². The first kappa shape index (κ1) is 14.9. The second kappa shape index (κ2) is 5.83. The van der Waals surface area contributed by atoms with Crippen molar-refractivity contribution in [2.75, 3.05) is 5.32 Å². The van der Waals surface area contributed by atoms with Gasteiger partial charge in [-0.1, -0.05) is 31.4 Å². The van der Waals surface area contributed by atoms with E-state index in [2.05, 4.69) is 5.32 Å². The lowest BCUT2D eigenvalue weighted by molar-refractivity contribution is -0.125. The topological polar surface area (TPSA) is 66.4 Å². The number of carboxylic acids is 1. The average molecular weight is 296 g/mol. The van der Waals surface area contributed by atoms with Crippen molar-refractivity contribution in [3.8, 4) is 0 Å². The van der Waals surface area contributed by atoms with Crippen molar-refractivity contribution < 1.29 is 14.7 Å². The van der Waals surface area contributed by atoms with Crippen molar-refractivity contribution in [1.29, 1.82) is 0 Å². The van der Waals surface area contributed by atoms with E-state index in [9.17, 15) is 9.59 Å². The Morgan fingerprint density at radius 1 is 1.35 bits per heavy atom. The SMILES string of the molecule is CCC1(C(=O)Nc2ccc(C(=O)O)cc2Cl)CCCC1. The third-order valence-electron chi connectivity index (χ3n) is 4.18. The fraction of sp³-hybridized carbons (Fsp3) is 0.467. The lowest BCUT2D eigenvalue weighted by atomic mass is 9.82. The van der Waals surface area contributed by atoms with Crippen LogP contribution in [0.5, 0.6) is 0 Å². The van der Waals surface area contributed by atoms with Gasteiger partial charge in [-0.25, -0.2) is 4.79 Å². The predicted octanol–water partition coefficient (Wildman–Crippen LogP) is 3.95. The Morgan fingerprint density at radius 3 is 2.50 bits per heavy atom. The molecule has 5 heteroatoms. The number of amides is 1. The fourth-order valence-electron chi connectivity index (χ4n) is 2.80. The number of hydrogen-bond donors (Lipinski definition) is 2. The molecule has 20 heavy (non-hydrogen) atoms. The van der Waals surface area contributed by atoms with Crippen molar-refractivity contribution >= 4 is 29.2 Å². The molecule has 0 heterocycles. The monoisotopic (exact) mass is 295 g/mol. The Morgan fingerprint density at radius 2 is 2.00 bits per heavy atom. The van der Waals surface area contributed by atoms with E-state index in [4.69, 9.17) is 16.7 Å². The molecule has 2 rings (SSSR count). The molecule has 0 atom stereocenters. The fourth-order valence-corrected chi connectivity index (χ4v) is 3.03. The van der Waals surface area contributed by atoms with Gasteiger partial charge in [0.2, 0.25) is 5.91 Å². The van der Waals surface area contributed by atoms with Crippen molar-refractivity contribution in [1.82, 2.24) is 0 Å². The Bertz CT molecular complexity index is 536. The second-order valence-electron chi connectivity index (χ2n) is 5.29. The van der Waals surface area contributed by atoms with Gasteiger partial charge in [0, 0.05) is 5.41 Å². The van der Waals surface area contributed by atoms with Gasteiger partial charge in [0.15, 0.2) is 0 Å². The molecule has 1 amide bonds. The van der Waals surface area contributed by atoms with Crippen LogP contribution in [0.2, 0.25) is 5.02 Å². The molecule has 0 unspecified atom stereocenters. The van der Waals surface area contributed by atoms with Crippen LogP contribution in [0, 0.1) is 5.41 Å². The predicted molar refractivity (Wildman–Crippen MR) is 78.2 cm³/mol. The van der Waals surface area contributed by atoms with Crippen LogP contribution < -0.4 is 5.32 Å². The van der Waals surface area contributed by atoms with Gasteiger partial charge < -0.3 is 10.4 Å². The number of benzene rings is 1.